The monoisotopic (exact) mass is 428 g/mol. The van der Waals surface area contributed by atoms with Crippen molar-refractivity contribution < 1.29 is 19.4 Å². The maximum atomic E-state index is 13.2. The molecule has 4 rings (SSSR count). The topological polar surface area (TPSA) is 79.7 Å². The SMILES string of the molecule is COc1ccccc1CN1C(=O)C(=O)/C(=C(\O)c2ccc(C)c(C)c2)C1c1cccnc1. The van der Waals surface area contributed by atoms with E-state index in [1.807, 2.05) is 44.2 Å². The van der Waals surface area contributed by atoms with Crippen molar-refractivity contribution in [3.63, 3.8) is 0 Å². The van der Waals surface area contributed by atoms with Gasteiger partial charge in [-0.15, -0.1) is 0 Å². The van der Waals surface area contributed by atoms with Gasteiger partial charge in [-0.25, -0.2) is 0 Å². The number of aliphatic hydroxyl groups is 1. The third-order valence-electron chi connectivity index (χ3n) is 5.85. The number of carbonyl (C=O) groups is 2. The molecule has 0 radical (unpaired) electrons. The predicted octanol–water partition coefficient (Wildman–Crippen LogP) is 4.33. The number of ether oxygens (including phenoxy) is 1. The Bertz CT molecular complexity index is 1220. The lowest BCUT2D eigenvalue weighted by Gasteiger charge is -2.25. The number of methoxy groups -OCH3 is 1. The molecule has 0 bridgehead atoms. The Kier molecular flexibility index (Phi) is 5.77. The maximum absolute atomic E-state index is 13.2. The Morgan fingerprint density at radius 1 is 1.06 bits per heavy atom. The van der Waals surface area contributed by atoms with Gasteiger partial charge >= 0.3 is 0 Å². The highest BCUT2D eigenvalue weighted by Gasteiger charge is 2.46. The number of pyridine rings is 1. The number of rotatable bonds is 5. The molecule has 1 unspecified atom stereocenters. The van der Waals surface area contributed by atoms with E-state index in [0.717, 1.165) is 16.7 Å². The smallest absolute Gasteiger partial charge is 0.295 e. The first-order chi connectivity index (χ1) is 15.4. The van der Waals surface area contributed by atoms with E-state index in [1.165, 1.54) is 4.90 Å². The second kappa shape index (κ2) is 8.67. The van der Waals surface area contributed by atoms with Crippen molar-refractivity contribution in [2.75, 3.05) is 7.11 Å². The molecule has 1 amide bonds. The second-order valence-corrected chi connectivity index (χ2v) is 7.82. The van der Waals surface area contributed by atoms with Gasteiger partial charge in [-0.3, -0.25) is 14.6 Å². The van der Waals surface area contributed by atoms with Crippen LogP contribution in [0.1, 0.15) is 33.9 Å². The molecule has 6 nitrogen and oxygen atoms in total. The van der Waals surface area contributed by atoms with Crippen molar-refractivity contribution in [2.24, 2.45) is 0 Å². The van der Waals surface area contributed by atoms with Crippen LogP contribution < -0.4 is 4.74 Å². The van der Waals surface area contributed by atoms with Crippen molar-refractivity contribution in [1.82, 2.24) is 9.88 Å². The van der Waals surface area contributed by atoms with Crippen LogP contribution in [-0.2, 0) is 16.1 Å². The number of Topliss-reactive ketones (excluding diaryl/α,β-unsaturated/α-hetero) is 1. The number of ketones is 1. The highest BCUT2D eigenvalue weighted by molar-refractivity contribution is 6.46. The van der Waals surface area contributed by atoms with Gasteiger partial charge in [-0.2, -0.15) is 0 Å². The highest BCUT2D eigenvalue weighted by atomic mass is 16.5. The molecular weight excluding hydrogens is 404 g/mol. The molecule has 2 aromatic carbocycles. The van der Waals surface area contributed by atoms with Crippen LogP contribution in [0.15, 0.2) is 72.6 Å². The zero-order valence-corrected chi connectivity index (χ0v) is 18.2. The molecule has 3 aromatic rings. The average Bonchev–Trinajstić information content (AvgIpc) is 3.06. The summed E-state index contributed by atoms with van der Waals surface area (Å²) >= 11 is 0. The Morgan fingerprint density at radius 3 is 2.53 bits per heavy atom. The number of likely N-dealkylation sites (tertiary alicyclic amines) is 1. The first-order valence-corrected chi connectivity index (χ1v) is 10.3. The fourth-order valence-corrected chi connectivity index (χ4v) is 3.99. The third-order valence-corrected chi connectivity index (χ3v) is 5.85. The number of amides is 1. The summed E-state index contributed by atoms with van der Waals surface area (Å²) in [4.78, 5) is 31.9. The second-order valence-electron chi connectivity index (χ2n) is 7.82. The molecular formula is C26H24N2O4. The number of hydrogen-bond donors (Lipinski definition) is 1. The molecule has 1 saturated heterocycles. The molecule has 1 aliphatic rings. The highest BCUT2D eigenvalue weighted by Crippen LogP contribution is 2.40. The van der Waals surface area contributed by atoms with Crippen molar-refractivity contribution in [3.05, 3.63) is 100 Å². The molecule has 1 atom stereocenters. The molecule has 1 fully saturated rings. The van der Waals surface area contributed by atoms with Gasteiger partial charge < -0.3 is 14.7 Å². The van der Waals surface area contributed by atoms with Crippen molar-refractivity contribution in [1.29, 1.82) is 0 Å². The van der Waals surface area contributed by atoms with Crippen LogP contribution in [-0.4, -0.2) is 33.8 Å². The molecule has 0 aliphatic carbocycles. The van der Waals surface area contributed by atoms with E-state index in [0.29, 0.717) is 16.9 Å². The van der Waals surface area contributed by atoms with Crippen LogP contribution >= 0.6 is 0 Å². The Labute approximate surface area is 186 Å². The molecule has 6 heteroatoms. The summed E-state index contributed by atoms with van der Waals surface area (Å²) < 4.78 is 5.43. The number of carbonyl (C=O) groups excluding carboxylic acids is 2. The van der Waals surface area contributed by atoms with Crippen molar-refractivity contribution in [3.8, 4) is 5.75 Å². The van der Waals surface area contributed by atoms with Crippen LogP contribution in [0.3, 0.4) is 0 Å². The summed E-state index contributed by atoms with van der Waals surface area (Å²) in [5.74, 6) is -0.962. The van der Waals surface area contributed by atoms with E-state index >= 15 is 0 Å². The van der Waals surface area contributed by atoms with Gasteiger partial charge in [-0.1, -0.05) is 36.4 Å². The predicted molar refractivity (Wildman–Crippen MR) is 121 cm³/mol. The fourth-order valence-electron chi connectivity index (χ4n) is 3.99. The molecule has 162 valence electrons. The van der Waals surface area contributed by atoms with Crippen molar-refractivity contribution in [2.45, 2.75) is 26.4 Å². The average molecular weight is 428 g/mol. The van der Waals surface area contributed by atoms with Crippen LogP contribution in [0.5, 0.6) is 5.75 Å². The normalized spacial score (nSPS) is 17.6. The number of benzene rings is 2. The quantitative estimate of drug-likeness (QED) is 0.372. The number of hydrogen-bond acceptors (Lipinski definition) is 5. The van der Waals surface area contributed by atoms with Gasteiger partial charge in [0.2, 0.25) is 0 Å². The summed E-state index contributed by atoms with van der Waals surface area (Å²) in [6.45, 7) is 4.06. The molecule has 1 N–H and O–H groups in total. The summed E-state index contributed by atoms with van der Waals surface area (Å²) in [6.07, 6.45) is 3.23. The lowest BCUT2D eigenvalue weighted by atomic mass is 9.95. The van der Waals surface area contributed by atoms with E-state index < -0.39 is 17.7 Å². The van der Waals surface area contributed by atoms with Gasteiger partial charge in [0.15, 0.2) is 0 Å². The fraction of sp³-hybridized carbons (Fsp3) is 0.192. The van der Waals surface area contributed by atoms with E-state index in [4.69, 9.17) is 4.74 Å². The number of aromatic nitrogens is 1. The van der Waals surface area contributed by atoms with Crippen molar-refractivity contribution >= 4 is 17.4 Å². The van der Waals surface area contributed by atoms with Gasteiger partial charge in [0.1, 0.15) is 11.5 Å². The first-order valence-electron chi connectivity index (χ1n) is 10.3. The van der Waals surface area contributed by atoms with E-state index in [2.05, 4.69) is 4.98 Å². The number of para-hydroxylation sites is 1. The Balaban J connectivity index is 1.87. The molecule has 2 heterocycles. The minimum Gasteiger partial charge on any atom is -0.507 e. The van der Waals surface area contributed by atoms with E-state index in [-0.39, 0.29) is 17.9 Å². The lowest BCUT2D eigenvalue weighted by molar-refractivity contribution is -0.140. The maximum Gasteiger partial charge on any atom is 0.295 e. The Hall–Kier alpha value is -3.93. The number of nitrogens with zero attached hydrogens (tertiary/aromatic N) is 2. The first kappa shape index (κ1) is 21.3. The molecule has 0 saturated carbocycles. The minimum atomic E-state index is -0.768. The van der Waals surface area contributed by atoms with Gasteiger partial charge in [-0.05, 0) is 48.7 Å². The summed E-state index contributed by atoms with van der Waals surface area (Å²) in [7, 11) is 1.56. The summed E-state index contributed by atoms with van der Waals surface area (Å²) in [6, 6.07) is 15.6. The number of aliphatic hydroxyl groups excluding tert-OH is 1. The largest absolute Gasteiger partial charge is 0.507 e. The molecule has 32 heavy (non-hydrogen) atoms. The van der Waals surface area contributed by atoms with Gasteiger partial charge in [0.05, 0.1) is 25.3 Å². The van der Waals surface area contributed by atoms with Crippen LogP contribution in [0.4, 0.5) is 0 Å². The van der Waals surface area contributed by atoms with E-state index in [9.17, 15) is 14.7 Å². The van der Waals surface area contributed by atoms with Crippen LogP contribution in [0.25, 0.3) is 5.76 Å². The van der Waals surface area contributed by atoms with Crippen LogP contribution in [0.2, 0.25) is 0 Å². The van der Waals surface area contributed by atoms with Gasteiger partial charge in [0, 0.05) is 23.5 Å². The van der Waals surface area contributed by atoms with Gasteiger partial charge in [0.25, 0.3) is 11.7 Å². The summed E-state index contributed by atoms with van der Waals surface area (Å²) in [5.41, 5.74) is 4.01. The zero-order chi connectivity index (χ0) is 22.8. The molecule has 0 spiro atoms. The minimum absolute atomic E-state index is 0.0566. The van der Waals surface area contributed by atoms with E-state index in [1.54, 1.807) is 43.8 Å². The lowest BCUT2D eigenvalue weighted by Crippen LogP contribution is -2.29. The standard InChI is InChI=1S/C26H24N2O4/c1-16-10-11-18(13-17(16)2)24(29)22-23(19-8-6-12-27-14-19)28(26(31)25(22)30)15-20-7-4-5-9-21(20)32-3/h4-14,23,29H,15H2,1-3H3/b24-22-. The Morgan fingerprint density at radius 2 is 1.84 bits per heavy atom. The third kappa shape index (κ3) is 3.75. The van der Waals surface area contributed by atoms with Crippen LogP contribution in [0, 0.1) is 13.8 Å². The summed E-state index contributed by atoms with van der Waals surface area (Å²) in [5, 5.41) is 11.2. The zero-order valence-electron chi connectivity index (χ0n) is 18.2. The molecule has 1 aliphatic heterocycles. The molecule has 1 aromatic heterocycles. The number of aryl methyl sites for hydroxylation is 2.